The van der Waals surface area contributed by atoms with Gasteiger partial charge in [-0.25, -0.2) is 0 Å². The number of anilines is 1. The molecule has 2 heterocycles. The van der Waals surface area contributed by atoms with Crippen LogP contribution in [0.1, 0.15) is 11.3 Å². The number of fused-ring (bicyclic) bond motifs is 1. The summed E-state index contributed by atoms with van der Waals surface area (Å²) >= 11 is 5.99. The van der Waals surface area contributed by atoms with Gasteiger partial charge in [0.2, 0.25) is 11.8 Å². The van der Waals surface area contributed by atoms with E-state index in [2.05, 4.69) is 9.98 Å². The highest BCUT2D eigenvalue weighted by Crippen LogP contribution is 2.35. The SMILES string of the molecule is Cn1c(N)nc(O)c1/C=C1/C=Nc2ccc(Cl)cc21. The van der Waals surface area contributed by atoms with Crippen molar-refractivity contribution in [1.29, 1.82) is 0 Å². The van der Waals surface area contributed by atoms with Crippen LogP contribution in [0.15, 0.2) is 23.2 Å². The Hall–Kier alpha value is -2.27. The van der Waals surface area contributed by atoms with Crippen LogP contribution in [-0.2, 0) is 7.05 Å². The van der Waals surface area contributed by atoms with Crippen LogP contribution in [-0.4, -0.2) is 20.9 Å². The molecular weight excluding hydrogens is 264 g/mol. The van der Waals surface area contributed by atoms with Gasteiger partial charge >= 0.3 is 0 Å². The molecule has 5 nitrogen and oxygen atoms in total. The molecule has 0 unspecified atom stereocenters. The molecule has 0 saturated carbocycles. The number of aromatic hydroxyl groups is 1. The summed E-state index contributed by atoms with van der Waals surface area (Å²) in [4.78, 5) is 8.10. The first kappa shape index (κ1) is 11.8. The van der Waals surface area contributed by atoms with E-state index in [1.807, 2.05) is 12.1 Å². The standard InChI is InChI=1S/C13H11ClN4O/c1-18-11(12(19)17-13(18)15)4-7-6-16-10-3-2-8(14)5-9(7)10/h2-6,19H,1H3,(H2,15,17)/b7-4-. The number of benzene rings is 1. The molecular formula is C13H11ClN4O. The minimum atomic E-state index is -0.101. The Morgan fingerprint density at radius 2 is 2.21 bits per heavy atom. The molecule has 0 fully saturated rings. The third kappa shape index (κ3) is 1.88. The zero-order chi connectivity index (χ0) is 13.6. The maximum atomic E-state index is 9.75. The molecule has 0 aliphatic carbocycles. The zero-order valence-electron chi connectivity index (χ0n) is 10.1. The van der Waals surface area contributed by atoms with Gasteiger partial charge < -0.3 is 15.4 Å². The first-order valence-electron chi connectivity index (χ1n) is 5.63. The fourth-order valence-corrected chi connectivity index (χ4v) is 2.17. The van der Waals surface area contributed by atoms with E-state index in [9.17, 15) is 5.11 Å². The molecule has 0 spiro atoms. The molecule has 0 amide bonds. The quantitative estimate of drug-likeness (QED) is 0.839. The fourth-order valence-electron chi connectivity index (χ4n) is 2.00. The Bertz CT molecular complexity index is 730. The fraction of sp³-hybridized carbons (Fsp3) is 0.0769. The van der Waals surface area contributed by atoms with E-state index in [0.29, 0.717) is 10.7 Å². The third-order valence-electron chi connectivity index (χ3n) is 3.06. The highest BCUT2D eigenvalue weighted by Gasteiger charge is 2.16. The molecule has 1 aliphatic rings. The van der Waals surface area contributed by atoms with Crippen molar-refractivity contribution in [3.8, 4) is 5.88 Å². The summed E-state index contributed by atoms with van der Waals surface area (Å²) in [6.45, 7) is 0. The highest BCUT2D eigenvalue weighted by atomic mass is 35.5. The molecule has 6 heteroatoms. The van der Waals surface area contributed by atoms with Gasteiger partial charge in [0.15, 0.2) is 0 Å². The smallest absolute Gasteiger partial charge is 0.238 e. The average molecular weight is 275 g/mol. The first-order chi connectivity index (χ1) is 9.06. The Morgan fingerprint density at radius 3 is 2.89 bits per heavy atom. The number of allylic oxidation sites excluding steroid dienone is 1. The number of halogens is 1. The van der Waals surface area contributed by atoms with Crippen molar-refractivity contribution in [3.63, 3.8) is 0 Å². The number of nitrogens with two attached hydrogens (primary N) is 1. The largest absolute Gasteiger partial charge is 0.492 e. The second kappa shape index (κ2) is 4.13. The lowest BCUT2D eigenvalue weighted by Crippen LogP contribution is -1.98. The molecule has 96 valence electrons. The molecule has 1 aromatic carbocycles. The number of aromatic nitrogens is 2. The molecule has 0 bridgehead atoms. The van der Waals surface area contributed by atoms with Gasteiger partial charge in [0.1, 0.15) is 5.69 Å². The summed E-state index contributed by atoms with van der Waals surface area (Å²) < 4.78 is 1.61. The van der Waals surface area contributed by atoms with E-state index in [0.717, 1.165) is 16.8 Å². The minimum absolute atomic E-state index is 0.101. The van der Waals surface area contributed by atoms with Gasteiger partial charge in [0.05, 0.1) is 5.69 Å². The van der Waals surface area contributed by atoms with Crippen LogP contribution in [0.2, 0.25) is 5.02 Å². The van der Waals surface area contributed by atoms with Crippen LogP contribution in [0.5, 0.6) is 5.88 Å². The predicted octanol–water partition coefficient (Wildman–Crippen LogP) is 2.62. The number of nitrogens with zero attached hydrogens (tertiary/aromatic N) is 3. The lowest BCUT2D eigenvalue weighted by atomic mass is 10.1. The number of nitrogen functional groups attached to an aromatic ring is 1. The summed E-state index contributed by atoms with van der Waals surface area (Å²) in [5, 5.41) is 10.4. The molecule has 1 aromatic heterocycles. The average Bonchev–Trinajstić information content (AvgIpc) is 2.86. The topological polar surface area (TPSA) is 76.4 Å². The summed E-state index contributed by atoms with van der Waals surface area (Å²) in [7, 11) is 1.74. The van der Waals surface area contributed by atoms with E-state index >= 15 is 0 Å². The molecule has 0 saturated heterocycles. The van der Waals surface area contributed by atoms with Crippen LogP contribution in [0.3, 0.4) is 0 Å². The normalized spacial score (nSPS) is 15.2. The molecule has 2 aromatic rings. The monoisotopic (exact) mass is 274 g/mol. The number of hydrogen-bond donors (Lipinski definition) is 2. The van der Waals surface area contributed by atoms with Gasteiger partial charge in [-0.3, -0.25) is 4.99 Å². The molecule has 19 heavy (non-hydrogen) atoms. The summed E-state index contributed by atoms with van der Waals surface area (Å²) in [5.41, 5.74) is 8.81. The van der Waals surface area contributed by atoms with E-state index in [4.69, 9.17) is 17.3 Å². The number of aliphatic imine (C=N–C) groups is 1. The Morgan fingerprint density at radius 1 is 1.42 bits per heavy atom. The van der Waals surface area contributed by atoms with Gasteiger partial charge in [-0.15, -0.1) is 0 Å². The van der Waals surface area contributed by atoms with Crippen LogP contribution >= 0.6 is 11.6 Å². The maximum absolute atomic E-state index is 9.75. The predicted molar refractivity (Wildman–Crippen MR) is 76.8 cm³/mol. The summed E-state index contributed by atoms with van der Waals surface area (Å²) in [5.74, 6) is 0.155. The Kier molecular flexibility index (Phi) is 2.57. The van der Waals surface area contributed by atoms with Gasteiger partial charge in [0, 0.05) is 29.4 Å². The lowest BCUT2D eigenvalue weighted by molar-refractivity contribution is 0.455. The first-order valence-corrected chi connectivity index (χ1v) is 6.01. The summed E-state index contributed by atoms with van der Waals surface area (Å²) in [6.07, 6.45) is 3.51. The molecule has 0 radical (unpaired) electrons. The van der Waals surface area contributed by atoms with Crippen molar-refractivity contribution in [3.05, 3.63) is 34.5 Å². The van der Waals surface area contributed by atoms with Crippen LogP contribution in [0, 0.1) is 0 Å². The Labute approximate surface area is 114 Å². The maximum Gasteiger partial charge on any atom is 0.238 e. The number of imidazole rings is 1. The molecule has 1 aliphatic heterocycles. The second-order valence-electron chi connectivity index (χ2n) is 4.26. The van der Waals surface area contributed by atoms with E-state index < -0.39 is 0 Å². The summed E-state index contributed by atoms with van der Waals surface area (Å²) in [6, 6.07) is 5.49. The van der Waals surface area contributed by atoms with E-state index in [1.54, 1.807) is 30.0 Å². The molecule has 0 atom stereocenters. The highest BCUT2D eigenvalue weighted by molar-refractivity contribution is 6.31. The van der Waals surface area contributed by atoms with Gasteiger partial charge in [-0.1, -0.05) is 11.6 Å². The van der Waals surface area contributed by atoms with Crippen molar-refractivity contribution in [2.45, 2.75) is 0 Å². The van der Waals surface area contributed by atoms with Crippen LogP contribution in [0.4, 0.5) is 11.6 Å². The van der Waals surface area contributed by atoms with Crippen molar-refractivity contribution < 1.29 is 5.11 Å². The number of rotatable bonds is 1. The lowest BCUT2D eigenvalue weighted by Gasteiger charge is -2.02. The van der Waals surface area contributed by atoms with Gasteiger partial charge in [-0.05, 0) is 24.3 Å². The third-order valence-corrected chi connectivity index (χ3v) is 3.29. The molecule has 3 rings (SSSR count). The van der Waals surface area contributed by atoms with E-state index in [1.165, 1.54) is 0 Å². The van der Waals surface area contributed by atoms with Gasteiger partial charge in [0.25, 0.3) is 0 Å². The van der Waals surface area contributed by atoms with Crippen molar-refractivity contribution in [2.24, 2.45) is 12.0 Å². The van der Waals surface area contributed by atoms with E-state index in [-0.39, 0.29) is 11.8 Å². The number of hydrogen-bond acceptors (Lipinski definition) is 4. The van der Waals surface area contributed by atoms with Crippen LogP contribution in [0.25, 0.3) is 11.6 Å². The second-order valence-corrected chi connectivity index (χ2v) is 4.69. The van der Waals surface area contributed by atoms with Crippen molar-refractivity contribution >= 4 is 41.1 Å². The van der Waals surface area contributed by atoms with Crippen molar-refractivity contribution in [1.82, 2.24) is 9.55 Å². The molecule has 3 N–H and O–H groups in total. The van der Waals surface area contributed by atoms with Crippen LogP contribution < -0.4 is 5.73 Å². The van der Waals surface area contributed by atoms with Gasteiger partial charge in [-0.2, -0.15) is 4.98 Å². The minimum Gasteiger partial charge on any atom is -0.492 e. The zero-order valence-corrected chi connectivity index (χ0v) is 10.9. The Balaban J connectivity index is 2.13. The van der Waals surface area contributed by atoms with Crippen molar-refractivity contribution in [2.75, 3.05) is 5.73 Å².